The van der Waals surface area contributed by atoms with E-state index in [0.717, 1.165) is 11.6 Å². The van der Waals surface area contributed by atoms with Crippen LogP contribution in [0.3, 0.4) is 0 Å². The fourth-order valence-corrected chi connectivity index (χ4v) is 6.02. The van der Waals surface area contributed by atoms with Crippen molar-refractivity contribution in [1.82, 2.24) is 4.90 Å². The highest BCUT2D eigenvalue weighted by Gasteiger charge is 2.57. The molecule has 8 nitrogen and oxygen atoms in total. The predicted molar refractivity (Wildman–Crippen MR) is 142 cm³/mol. The molecule has 3 aliphatic carbocycles. The number of fused-ring (bicyclic) bond motifs is 2. The molecule has 1 amide bonds. The van der Waals surface area contributed by atoms with E-state index in [9.17, 15) is 19.2 Å². The number of carbonyl (C=O) groups excluding carboxylic acids is 4. The molecule has 37 heavy (non-hydrogen) atoms. The molecule has 4 rings (SSSR count). The van der Waals surface area contributed by atoms with Crippen LogP contribution < -0.4 is 4.74 Å². The number of carbonyl (C=O) groups is 4. The van der Waals surface area contributed by atoms with Gasteiger partial charge in [-0.1, -0.05) is 32.6 Å². The van der Waals surface area contributed by atoms with Crippen LogP contribution in [-0.4, -0.2) is 69.5 Å². The first-order chi connectivity index (χ1) is 17.5. The molecule has 1 fully saturated rings. The van der Waals surface area contributed by atoms with Gasteiger partial charge in [-0.2, -0.15) is 0 Å². The number of Topliss-reactive ketones (excluding diaryl/α,β-unsaturated/α-hetero) is 1. The first kappa shape index (κ1) is 28.9. The van der Waals surface area contributed by atoms with Crippen molar-refractivity contribution < 1.29 is 33.4 Å². The van der Waals surface area contributed by atoms with Crippen molar-refractivity contribution in [3.63, 3.8) is 0 Å². The van der Waals surface area contributed by atoms with Gasteiger partial charge in [0.2, 0.25) is 0 Å². The van der Waals surface area contributed by atoms with E-state index in [1.54, 1.807) is 17.0 Å². The first-order valence-electron chi connectivity index (χ1n) is 13.4. The van der Waals surface area contributed by atoms with Gasteiger partial charge >= 0.3 is 11.9 Å². The van der Waals surface area contributed by atoms with Gasteiger partial charge in [-0.15, -0.1) is 0 Å². The highest BCUT2D eigenvalue weighted by atomic mass is 28.3. The summed E-state index contributed by atoms with van der Waals surface area (Å²) < 4.78 is 16.9. The number of ether oxygens (including phenoxy) is 3. The normalized spacial score (nSPS) is 22.3. The summed E-state index contributed by atoms with van der Waals surface area (Å²) in [4.78, 5) is 53.9. The van der Waals surface area contributed by atoms with Crippen molar-refractivity contribution >= 4 is 31.7 Å². The zero-order valence-corrected chi connectivity index (χ0v) is 24.0. The Hall–Kier alpha value is -2.68. The quantitative estimate of drug-likeness (QED) is 0.295. The van der Waals surface area contributed by atoms with Gasteiger partial charge in [0.05, 0.1) is 31.0 Å². The number of amides is 1. The minimum atomic E-state index is -1.41. The van der Waals surface area contributed by atoms with Crippen LogP contribution in [0.4, 0.5) is 0 Å². The maximum Gasteiger partial charge on any atom is 0.310 e. The van der Waals surface area contributed by atoms with Crippen LogP contribution in [0.15, 0.2) is 18.2 Å². The molecule has 0 aromatic heterocycles. The molecule has 0 aliphatic heterocycles. The second kappa shape index (κ2) is 12.2. The minimum Gasteiger partial charge on any atom is -0.484 e. The van der Waals surface area contributed by atoms with Gasteiger partial charge in [0.15, 0.2) is 6.61 Å². The van der Waals surface area contributed by atoms with Crippen molar-refractivity contribution in [3.05, 3.63) is 29.3 Å². The molecule has 1 saturated carbocycles. The number of likely N-dealkylation sites (N-methyl/N-ethyl adjacent to an activating group) is 1. The summed E-state index contributed by atoms with van der Waals surface area (Å²) in [5.41, 5.74) is 1.54. The number of benzene rings is 1. The molecule has 9 heteroatoms. The van der Waals surface area contributed by atoms with E-state index in [1.165, 1.54) is 0 Å². The van der Waals surface area contributed by atoms with Gasteiger partial charge < -0.3 is 19.1 Å². The zero-order chi connectivity index (χ0) is 27.3. The average molecular weight is 532 g/mol. The molecule has 0 spiro atoms. The SMILES string of the molecule is CCCOC(=O)C1C2C(=O)CC(c3ccc(OCC(=O)N(CC)CC)cc32)C1C(=O)OCC[Si](C)(C)C. The zero-order valence-electron chi connectivity index (χ0n) is 23.0. The van der Waals surface area contributed by atoms with E-state index < -0.39 is 43.7 Å². The Balaban J connectivity index is 1.90. The third-order valence-electron chi connectivity index (χ3n) is 7.31. The highest BCUT2D eigenvalue weighted by molar-refractivity contribution is 6.76. The standard InChI is InChI=1S/C28H41NO7Si/c1-7-12-34-28(33)26-24-20-15-18(36-17-23(31)29(8-2)9-3)10-11-19(20)21(16-22(24)30)25(26)27(32)35-13-14-37(4,5)6/h10-11,15,21,24-26H,7-9,12-14,16-17H2,1-6H3. The van der Waals surface area contributed by atoms with Crippen molar-refractivity contribution in [2.75, 3.05) is 32.9 Å². The van der Waals surface area contributed by atoms with Crippen LogP contribution in [-0.2, 0) is 28.7 Å². The first-order valence-corrected chi connectivity index (χ1v) is 17.1. The van der Waals surface area contributed by atoms with Gasteiger partial charge in [-0.3, -0.25) is 19.2 Å². The van der Waals surface area contributed by atoms with Gasteiger partial charge in [0.25, 0.3) is 5.91 Å². The molecular formula is C28H41NO7Si. The maximum absolute atomic E-state index is 13.4. The fraction of sp³-hybridized carbons (Fsp3) is 0.643. The number of hydrogen-bond donors (Lipinski definition) is 0. The third-order valence-corrected chi connectivity index (χ3v) is 9.01. The number of esters is 2. The molecule has 1 aromatic carbocycles. The van der Waals surface area contributed by atoms with Crippen molar-refractivity contribution in [3.8, 4) is 5.75 Å². The monoisotopic (exact) mass is 531 g/mol. The Labute approximate surface area is 221 Å². The third kappa shape index (κ3) is 6.61. The molecule has 0 heterocycles. The Morgan fingerprint density at radius 3 is 2.22 bits per heavy atom. The highest BCUT2D eigenvalue weighted by Crippen LogP contribution is 2.55. The van der Waals surface area contributed by atoms with Crippen LogP contribution in [0.25, 0.3) is 0 Å². The lowest BCUT2D eigenvalue weighted by Crippen LogP contribution is -2.50. The largest absolute Gasteiger partial charge is 0.484 e. The number of hydrogen-bond acceptors (Lipinski definition) is 7. The summed E-state index contributed by atoms with van der Waals surface area (Å²) in [6.45, 7) is 13.9. The second-order valence-corrected chi connectivity index (χ2v) is 16.7. The molecule has 4 atom stereocenters. The number of ketones is 1. The van der Waals surface area contributed by atoms with Crippen molar-refractivity contribution in [2.45, 2.75) is 71.1 Å². The van der Waals surface area contributed by atoms with Crippen molar-refractivity contribution in [1.29, 1.82) is 0 Å². The van der Waals surface area contributed by atoms with Gasteiger partial charge in [-0.05, 0) is 49.6 Å². The van der Waals surface area contributed by atoms with E-state index in [1.807, 2.05) is 26.8 Å². The Kier molecular flexibility index (Phi) is 9.55. The van der Waals surface area contributed by atoms with Gasteiger partial charge in [-0.25, -0.2) is 0 Å². The van der Waals surface area contributed by atoms with E-state index in [2.05, 4.69) is 19.6 Å². The molecule has 2 bridgehead atoms. The average Bonchev–Trinajstić information content (AvgIpc) is 2.85. The number of rotatable bonds is 12. The van der Waals surface area contributed by atoms with E-state index >= 15 is 0 Å². The Morgan fingerprint density at radius 2 is 1.59 bits per heavy atom. The molecule has 204 valence electrons. The lowest BCUT2D eigenvalue weighted by Gasteiger charge is -2.46. The number of nitrogens with zero attached hydrogens (tertiary/aromatic N) is 1. The summed E-state index contributed by atoms with van der Waals surface area (Å²) >= 11 is 0. The van der Waals surface area contributed by atoms with Crippen LogP contribution in [0.1, 0.15) is 56.6 Å². The molecular weight excluding hydrogens is 490 g/mol. The molecule has 0 radical (unpaired) electrons. The summed E-state index contributed by atoms with van der Waals surface area (Å²) in [7, 11) is -1.41. The van der Waals surface area contributed by atoms with Crippen LogP contribution in [0, 0.1) is 11.8 Å². The van der Waals surface area contributed by atoms with Gasteiger partial charge in [0, 0.05) is 33.5 Å². The molecule has 1 aromatic rings. The molecule has 3 aliphatic rings. The summed E-state index contributed by atoms with van der Waals surface area (Å²) in [6.07, 6.45) is 0.824. The van der Waals surface area contributed by atoms with Crippen LogP contribution >= 0.6 is 0 Å². The van der Waals surface area contributed by atoms with E-state index in [4.69, 9.17) is 14.2 Å². The second-order valence-electron chi connectivity index (χ2n) is 11.1. The summed E-state index contributed by atoms with van der Waals surface area (Å²) in [6, 6.07) is 6.18. The van der Waals surface area contributed by atoms with Crippen LogP contribution in [0.5, 0.6) is 5.75 Å². The Bertz CT molecular complexity index is 1010. The van der Waals surface area contributed by atoms with Gasteiger partial charge in [0.1, 0.15) is 11.5 Å². The molecule has 0 saturated heterocycles. The minimum absolute atomic E-state index is 0.0848. The lowest BCUT2D eigenvalue weighted by molar-refractivity contribution is -0.167. The molecule has 0 N–H and O–H groups in total. The molecule has 4 unspecified atom stereocenters. The lowest BCUT2D eigenvalue weighted by atomic mass is 9.55. The Morgan fingerprint density at radius 1 is 0.946 bits per heavy atom. The smallest absolute Gasteiger partial charge is 0.310 e. The summed E-state index contributed by atoms with van der Waals surface area (Å²) in [5, 5.41) is 0. The maximum atomic E-state index is 13.4. The van der Waals surface area contributed by atoms with Crippen LogP contribution in [0.2, 0.25) is 25.7 Å². The topological polar surface area (TPSA) is 99.2 Å². The van der Waals surface area contributed by atoms with E-state index in [-0.39, 0.29) is 31.3 Å². The summed E-state index contributed by atoms with van der Waals surface area (Å²) in [5.74, 6) is -3.69. The van der Waals surface area contributed by atoms with Crippen molar-refractivity contribution in [2.24, 2.45) is 11.8 Å². The predicted octanol–water partition coefficient (Wildman–Crippen LogP) is 4.15. The fourth-order valence-electron chi connectivity index (χ4n) is 5.31. The van der Waals surface area contributed by atoms with E-state index in [0.29, 0.717) is 37.4 Å².